The second kappa shape index (κ2) is 12.3. The number of fused-ring (bicyclic) bond motifs is 1. The Bertz CT molecular complexity index is 1630. The lowest BCUT2D eigenvalue weighted by atomic mass is 10.1. The number of rotatable bonds is 5. The van der Waals surface area contributed by atoms with E-state index in [9.17, 15) is 27.6 Å². The van der Waals surface area contributed by atoms with Gasteiger partial charge < -0.3 is 24.4 Å². The highest BCUT2D eigenvalue weighted by molar-refractivity contribution is 9.10. The summed E-state index contributed by atoms with van der Waals surface area (Å²) in [5.74, 6) is -0.597. The number of piperazine rings is 1. The summed E-state index contributed by atoms with van der Waals surface area (Å²) < 4.78 is 46.6. The number of nitrogens with zero attached hydrogens (tertiary/aromatic N) is 5. The van der Waals surface area contributed by atoms with Crippen molar-refractivity contribution in [3.05, 3.63) is 55.5 Å². The first-order chi connectivity index (χ1) is 20.0. The zero-order valence-electron chi connectivity index (χ0n) is 24.2. The van der Waals surface area contributed by atoms with Gasteiger partial charge in [0.15, 0.2) is 11.2 Å². The lowest BCUT2D eigenvalue weighted by molar-refractivity contribution is -0.137. The van der Waals surface area contributed by atoms with Gasteiger partial charge in [-0.15, -0.1) is 0 Å². The van der Waals surface area contributed by atoms with Crippen molar-refractivity contribution in [1.29, 1.82) is 0 Å². The molecule has 1 unspecified atom stereocenters. The SMILES string of the molecule is CCc1c(N2CCN(C(=O)OC(C)(C)C)CC2C)c(=O)c2nc(Br)cnc2n1CC(=O)Nc1ccc(C(F)(F)F)cc1Cl. The number of alkyl halides is 3. The molecule has 1 saturated heterocycles. The number of amides is 2. The number of aromatic nitrogens is 3. The number of halogens is 5. The third-order valence-corrected chi connectivity index (χ3v) is 7.48. The molecule has 43 heavy (non-hydrogen) atoms. The molecule has 2 aromatic heterocycles. The van der Waals surface area contributed by atoms with Crippen molar-refractivity contribution >= 4 is 62.1 Å². The number of carbonyl (C=O) groups is 2. The van der Waals surface area contributed by atoms with E-state index in [0.29, 0.717) is 42.0 Å². The van der Waals surface area contributed by atoms with Gasteiger partial charge in [0.25, 0.3) is 0 Å². The first-order valence-corrected chi connectivity index (χ1v) is 14.7. The minimum Gasteiger partial charge on any atom is -0.444 e. The predicted octanol–water partition coefficient (Wildman–Crippen LogP) is 5.87. The average Bonchev–Trinajstić information content (AvgIpc) is 2.90. The molecule has 15 heteroatoms. The van der Waals surface area contributed by atoms with Crippen LogP contribution in [0.1, 0.15) is 45.9 Å². The van der Waals surface area contributed by atoms with Gasteiger partial charge in [-0.25, -0.2) is 14.8 Å². The highest BCUT2D eigenvalue weighted by Gasteiger charge is 2.34. The zero-order valence-corrected chi connectivity index (χ0v) is 26.5. The van der Waals surface area contributed by atoms with Gasteiger partial charge in [0.1, 0.15) is 22.4 Å². The van der Waals surface area contributed by atoms with Gasteiger partial charge in [0, 0.05) is 31.4 Å². The number of pyridine rings is 1. The van der Waals surface area contributed by atoms with E-state index >= 15 is 0 Å². The third kappa shape index (κ3) is 7.23. The summed E-state index contributed by atoms with van der Waals surface area (Å²) in [6.07, 6.45) is -3.29. The Balaban J connectivity index is 1.71. The molecule has 3 heterocycles. The fourth-order valence-corrected chi connectivity index (χ4v) is 5.45. The summed E-state index contributed by atoms with van der Waals surface area (Å²) in [6, 6.07) is 2.36. The monoisotopic (exact) mass is 686 g/mol. The predicted molar refractivity (Wildman–Crippen MR) is 161 cm³/mol. The molecule has 3 aromatic rings. The summed E-state index contributed by atoms with van der Waals surface area (Å²) in [5.41, 5.74) is -0.923. The van der Waals surface area contributed by atoms with E-state index < -0.39 is 29.3 Å². The van der Waals surface area contributed by atoms with E-state index in [2.05, 4.69) is 31.2 Å². The van der Waals surface area contributed by atoms with Gasteiger partial charge in [-0.1, -0.05) is 18.5 Å². The molecule has 232 valence electrons. The second-order valence-electron chi connectivity index (χ2n) is 11.1. The maximum atomic E-state index is 13.9. The molecule has 0 bridgehead atoms. The van der Waals surface area contributed by atoms with Crippen molar-refractivity contribution in [2.24, 2.45) is 0 Å². The maximum Gasteiger partial charge on any atom is 0.416 e. The van der Waals surface area contributed by atoms with Crippen molar-refractivity contribution in [3.8, 4) is 0 Å². The summed E-state index contributed by atoms with van der Waals surface area (Å²) >= 11 is 9.31. The molecule has 1 atom stereocenters. The molecule has 0 spiro atoms. The van der Waals surface area contributed by atoms with Crippen LogP contribution in [-0.4, -0.2) is 62.7 Å². The van der Waals surface area contributed by atoms with E-state index in [1.54, 1.807) is 30.2 Å². The van der Waals surface area contributed by atoms with Gasteiger partial charge >= 0.3 is 12.3 Å². The smallest absolute Gasteiger partial charge is 0.416 e. The van der Waals surface area contributed by atoms with Gasteiger partial charge in [0.2, 0.25) is 11.3 Å². The van der Waals surface area contributed by atoms with E-state index in [0.717, 1.165) is 18.2 Å². The summed E-state index contributed by atoms with van der Waals surface area (Å²) in [5, 5.41) is 2.28. The molecule has 2 amide bonds. The molecule has 0 radical (unpaired) electrons. The number of ether oxygens (including phenoxy) is 1. The van der Waals surface area contributed by atoms with Crippen LogP contribution in [0.15, 0.2) is 33.8 Å². The molecule has 4 rings (SSSR count). The van der Waals surface area contributed by atoms with Crippen LogP contribution in [-0.2, 0) is 28.7 Å². The van der Waals surface area contributed by atoms with Crippen LogP contribution in [0.5, 0.6) is 0 Å². The standard InChI is InChI=1S/C28H31BrClF3N6O4/c1-6-19-23(38-10-9-37(13-15(38)2)26(42)43-27(3,4)5)24(41)22-25(34-12-20(29)36-22)39(19)14-21(40)35-18-8-7-16(11-17(18)30)28(31,32)33/h7-8,11-12,15H,6,9-10,13-14H2,1-5H3,(H,35,40). The Labute approximate surface area is 259 Å². The topological polar surface area (TPSA) is 110 Å². The molecule has 1 fully saturated rings. The minimum absolute atomic E-state index is 0.00371. The Kier molecular flexibility index (Phi) is 9.31. The quantitative estimate of drug-likeness (QED) is 0.357. The van der Waals surface area contributed by atoms with E-state index in [4.69, 9.17) is 16.3 Å². The van der Waals surface area contributed by atoms with Crippen LogP contribution >= 0.6 is 27.5 Å². The van der Waals surface area contributed by atoms with E-state index in [-0.39, 0.29) is 39.9 Å². The van der Waals surface area contributed by atoms with Crippen LogP contribution in [0.2, 0.25) is 5.02 Å². The minimum atomic E-state index is -4.59. The number of nitrogens with one attached hydrogen (secondary N) is 1. The van der Waals surface area contributed by atoms with Crippen LogP contribution < -0.4 is 15.6 Å². The number of anilines is 2. The van der Waals surface area contributed by atoms with Crippen molar-refractivity contribution in [2.75, 3.05) is 29.9 Å². The van der Waals surface area contributed by atoms with Gasteiger partial charge in [-0.05, 0) is 68.2 Å². The number of benzene rings is 1. The van der Waals surface area contributed by atoms with E-state index in [1.807, 2.05) is 18.7 Å². The zero-order chi connectivity index (χ0) is 31.9. The Morgan fingerprint density at radius 2 is 1.91 bits per heavy atom. The fraction of sp³-hybridized carbons (Fsp3) is 0.464. The van der Waals surface area contributed by atoms with Gasteiger partial charge in [-0.3, -0.25) is 9.59 Å². The first-order valence-electron chi connectivity index (χ1n) is 13.5. The van der Waals surface area contributed by atoms with Gasteiger partial charge in [-0.2, -0.15) is 13.2 Å². The lowest BCUT2D eigenvalue weighted by Gasteiger charge is -2.42. The highest BCUT2D eigenvalue weighted by atomic mass is 79.9. The lowest BCUT2D eigenvalue weighted by Crippen LogP contribution is -2.56. The normalized spacial score (nSPS) is 16.0. The third-order valence-electron chi connectivity index (χ3n) is 6.78. The molecule has 1 aliphatic rings. The molecule has 1 N–H and O–H groups in total. The molecular weight excluding hydrogens is 657 g/mol. The molecule has 1 aromatic carbocycles. The van der Waals surface area contributed by atoms with Crippen molar-refractivity contribution in [1.82, 2.24) is 19.4 Å². The molecule has 1 aliphatic heterocycles. The molecular formula is C28H31BrClF3N6O4. The molecule has 0 saturated carbocycles. The van der Waals surface area contributed by atoms with Crippen LogP contribution in [0.4, 0.5) is 29.3 Å². The second-order valence-corrected chi connectivity index (χ2v) is 12.4. The van der Waals surface area contributed by atoms with Crippen molar-refractivity contribution < 1.29 is 27.5 Å². The molecule has 10 nitrogen and oxygen atoms in total. The number of carbonyl (C=O) groups excluding carboxylic acids is 2. The van der Waals surface area contributed by atoms with Crippen molar-refractivity contribution in [3.63, 3.8) is 0 Å². The summed E-state index contributed by atoms with van der Waals surface area (Å²) in [7, 11) is 0. The Morgan fingerprint density at radius 1 is 1.21 bits per heavy atom. The fourth-order valence-electron chi connectivity index (χ4n) is 4.94. The average molecular weight is 688 g/mol. The van der Waals surface area contributed by atoms with E-state index in [1.165, 1.54) is 6.20 Å². The molecule has 0 aliphatic carbocycles. The number of hydrogen-bond acceptors (Lipinski definition) is 7. The Morgan fingerprint density at radius 3 is 2.49 bits per heavy atom. The Hall–Kier alpha value is -3.39. The summed E-state index contributed by atoms with van der Waals surface area (Å²) in [6.45, 7) is 9.68. The van der Waals surface area contributed by atoms with Crippen LogP contribution in [0.3, 0.4) is 0 Å². The van der Waals surface area contributed by atoms with Crippen LogP contribution in [0, 0.1) is 0 Å². The first kappa shape index (κ1) is 32.5. The number of hydrogen-bond donors (Lipinski definition) is 1. The summed E-state index contributed by atoms with van der Waals surface area (Å²) in [4.78, 5) is 52.1. The maximum absolute atomic E-state index is 13.9. The van der Waals surface area contributed by atoms with Gasteiger partial charge in [0.05, 0.1) is 22.5 Å². The highest BCUT2D eigenvalue weighted by Crippen LogP contribution is 2.34. The largest absolute Gasteiger partial charge is 0.444 e. The van der Waals surface area contributed by atoms with Crippen LogP contribution in [0.25, 0.3) is 11.2 Å². The van der Waals surface area contributed by atoms with Crippen molar-refractivity contribution in [2.45, 2.75) is 65.4 Å².